The van der Waals surface area contributed by atoms with Crippen LogP contribution in [0.25, 0.3) is 0 Å². The maximum atomic E-state index is 9.58. The molecule has 0 heterocycles. The van der Waals surface area contributed by atoms with Gasteiger partial charge in [0.25, 0.3) is 0 Å². The molecule has 1 aromatic carbocycles. The van der Waals surface area contributed by atoms with Crippen molar-refractivity contribution < 1.29 is 5.11 Å². The lowest BCUT2D eigenvalue weighted by atomic mass is 9.93. The number of rotatable bonds is 5. The van der Waals surface area contributed by atoms with Crippen LogP contribution in [0.2, 0.25) is 0 Å². The van der Waals surface area contributed by atoms with E-state index in [1.54, 1.807) is 11.8 Å². The number of aliphatic imine (C=N–C) groups is 1. The number of hydrogen-bond acceptors (Lipinski definition) is 3. The first-order valence-corrected chi connectivity index (χ1v) is 9.29. The summed E-state index contributed by atoms with van der Waals surface area (Å²) in [5.74, 6) is 0.873. The third kappa shape index (κ3) is 7.30. The molecule has 1 aromatic rings. The molecule has 0 unspecified atom stereocenters. The average molecular weight is 449 g/mol. The lowest BCUT2D eigenvalue weighted by Gasteiger charge is -2.27. The van der Waals surface area contributed by atoms with Crippen LogP contribution in [0.4, 0.5) is 0 Å². The van der Waals surface area contributed by atoms with E-state index in [1.165, 1.54) is 10.5 Å². The molecule has 0 saturated heterocycles. The van der Waals surface area contributed by atoms with E-state index >= 15 is 0 Å². The van der Waals surface area contributed by atoms with Gasteiger partial charge >= 0.3 is 0 Å². The van der Waals surface area contributed by atoms with Crippen molar-refractivity contribution in [1.82, 2.24) is 10.6 Å². The van der Waals surface area contributed by atoms with Crippen molar-refractivity contribution in [2.75, 3.05) is 12.8 Å². The van der Waals surface area contributed by atoms with Gasteiger partial charge in [-0.1, -0.05) is 12.1 Å². The van der Waals surface area contributed by atoms with Crippen LogP contribution in [-0.2, 0) is 6.54 Å². The van der Waals surface area contributed by atoms with E-state index in [2.05, 4.69) is 53.1 Å². The molecule has 0 bridgehead atoms. The van der Waals surface area contributed by atoms with Crippen LogP contribution in [0, 0.1) is 0 Å². The van der Waals surface area contributed by atoms with Crippen molar-refractivity contribution in [3.05, 3.63) is 29.8 Å². The Bertz CT molecular complexity index is 473. The summed E-state index contributed by atoms with van der Waals surface area (Å²) in [7, 11) is 0. The van der Waals surface area contributed by atoms with Crippen LogP contribution >= 0.6 is 35.7 Å². The number of aliphatic hydroxyl groups excluding tert-OH is 1. The van der Waals surface area contributed by atoms with E-state index in [-0.39, 0.29) is 30.1 Å². The van der Waals surface area contributed by atoms with E-state index in [0.29, 0.717) is 12.6 Å². The fraction of sp³-hybridized carbons (Fsp3) is 0.588. The Kier molecular flexibility index (Phi) is 9.97. The number of halogens is 1. The first-order chi connectivity index (χ1) is 10.7. The molecule has 1 aliphatic rings. The molecule has 6 heteroatoms. The second-order valence-electron chi connectivity index (χ2n) is 5.69. The van der Waals surface area contributed by atoms with E-state index < -0.39 is 0 Å². The summed E-state index contributed by atoms with van der Waals surface area (Å²) >= 11 is 1.75. The Morgan fingerprint density at radius 1 is 1.22 bits per heavy atom. The van der Waals surface area contributed by atoms with Gasteiger partial charge in [-0.2, -0.15) is 0 Å². The van der Waals surface area contributed by atoms with Gasteiger partial charge in [-0.3, -0.25) is 0 Å². The molecule has 0 amide bonds. The van der Waals surface area contributed by atoms with Gasteiger partial charge in [0.05, 0.1) is 12.6 Å². The minimum Gasteiger partial charge on any atom is -0.393 e. The Labute approximate surface area is 160 Å². The number of nitrogens with one attached hydrogen (secondary N) is 2. The van der Waals surface area contributed by atoms with Crippen molar-refractivity contribution in [1.29, 1.82) is 0 Å². The monoisotopic (exact) mass is 449 g/mol. The predicted octanol–water partition coefficient (Wildman–Crippen LogP) is 3.39. The molecule has 0 aliphatic heterocycles. The van der Waals surface area contributed by atoms with Crippen LogP contribution in [0.3, 0.4) is 0 Å². The maximum Gasteiger partial charge on any atom is 0.191 e. The fourth-order valence-corrected chi connectivity index (χ4v) is 3.04. The number of hydrogen-bond donors (Lipinski definition) is 3. The molecule has 1 aliphatic carbocycles. The highest BCUT2D eigenvalue weighted by Crippen LogP contribution is 2.18. The van der Waals surface area contributed by atoms with Crippen molar-refractivity contribution >= 4 is 41.7 Å². The summed E-state index contributed by atoms with van der Waals surface area (Å²) in [6.07, 6.45) is 5.75. The zero-order valence-corrected chi connectivity index (χ0v) is 17.1. The first-order valence-electron chi connectivity index (χ1n) is 8.07. The van der Waals surface area contributed by atoms with Gasteiger partial charge in [-0.25, -0.2) is 4.99 Å². The molecule has 0 spiro atoms. The third-order valence-electron chi connectivity index (χ3n) is 3.96. The number of guanidine groups is 1. The van der Waals surface area contributed by atoms with Gasteiger partial charge in [-0.15, -0.1) is 35.7 Å². The Hall–Kier alpha value is -0.470. The van der Waals surface area contributed by atoms with E-state index in [4.69, 9.17) is 0 Å². The van der Waals surface area contributed by atoms with Gasteiger partial charge in [-0.05, 0) is 56.6 Å². The van der Waals surface area contributed by atoms with Crippen LogP contribution in [0.1, 0.15) is 38.2 Å². The number of thioether (sulfide) groups is 1. The molecule has 0 radical (unpaired) electrons. The molecule has 0 aromatic heterocycles. The summed E-state index contributed by atoms with van der Waals surface area (Å²) in [4.78, 5) is 5.95. The number of benzene rings is 1. The molecule has 1 saturated carbocycles. The highest BCUT2D eigenvalue weighted by molar-refractivity contribution is 14.0. The van der Waals surface area contributed by atoms with Crippen molar-refractivity contribution in [3.8, 4) is 0 Å². The SMILES string of the molecule is CCNC(=NCc1ccc(SC)cc1)NC1CCC(O)CC1.I. The van der Waals surface area contributed by atoms with Crippen LogP contribution in [-0.4, -0.2) is 36.0 Å². The Morgan fingerprint density at radius 2 is 1.87 bits per heavy atom. The molecule has 2 rings (SSSR count). The van der Waals surface area contributed by atoms with E-state index in [0.717, 1.165) is 38.2 Å². The highest BCUT2D eigenvalue weighted by Gasteiger charge is 2.19. The molecule has 23 heavy (non-hydrogen) atoms. The molecule has 3 N–H and O–H groups in total. The van der Waals surface area contributed by atoms with Crippen LogP contribution in [0.5, 0.6) is 0 Å². The largest absolute Gasteiger partial charge is 0.393 e. The topological polar surface area (TPSA) is 56.7 Å². The van der Waals surface area contributed by atoms with Crippen molar-refractivity contribution in [2.24, 2.45) is 4.99 Å². The average Bonchev–Trinajstić information content (AvgIpc) is 2.55. The minimum absolute atomic E-state index is 0. The summed E-state index contributed by atoms with van der Waals surface area (Å²) in [6.45, 7) is 3.61. The minimum atomic E-state index is -0.118. The normalized spacial score (nSPS) is 21.4. The lowest BCUT2D eigenvalue weighted by molar-refractivity contribution is 0.120. The fourth-order valence-electron chi connectivity index (χ4n) is 2.63. The molecule has 1 fully saturated rings. The highest BCUT2D eigenvalue weighted by atomic mass is 127. The Balaban J connectivity index is 0.00000264. The van der Waals surface area contributed by atoms with Crippen LogP contribution in [0.15, 0.2) is 34.2 Å². The van der Waals surface area contributed by atoms with E-state index in [1.807, 2.05) is 0 Å². The smallest absolute Gasteiger partial charge is 0.191 e. The standard InChI is InChI=1S/C17H27N3OS.HI/c1-3-18-17(20-14-6-8-15(21)9-7-14)19-12-13-4-10-16(22-2)11-5-13;/h4-5,10-11,14-15,21H,3,6-9,12H2,1-2H3,(H2,18,19,20);1H. The number of aliphatic hydroxyl groups is 1. The summed E-state index contributed by atoms with van der Waals surface area (Å²) in [5.41, 5.74) is 1.22. The molecule has 0 atom stereocenters. The van der Waals surface area contributed by atoms with Crippen molar-refractivity contribution in [2.45, 2.75) is 56.2 Å². The first kappa shape index (κ1) is 20.6. The molecule has 130 valence electrons. The zero-order valence-electron chi connectivity index (χ0n) is 13.9. The van der Waals surface area contributed by atoms with Crippen LogP contribution < -0.4 is 10.6 Å². The second-order valence-corrected chi connectivity index (χ2v) is 6.57. The number of nitrogens with zero attached hydrogens (tertiary/aromatic N) is 1. The molecule has 4 nitrogen and oxygen atoms in total. The summed E-state index contributed by atoms with van der Waals surface area (Å²) < 4.78 is 0. The van der Waals surface area contributed by atoms with Gasteiger partial charge in [0.2, 0.25) is 0 Å². The second kappa shape index (κ2) is 11.1. The zero-order chi connectivity index (χ0) is 15.8. The van der Waals surface area contributed by atoms with Gasteiger partial charge in [0.1, 0.15) is 0 Å². The lowest BCUT2D eigenvalue weighted by Crippen LogP contribution is -2.45. The summed E-state index contributed by atoms with van der Waals surface area (Å²) in [5, 5.41) is 16.4. The predicted molar refractivity (Wildman–Crippen MR) is 110 cm³/mol. The third-order valence-corrected chi connectivity index (χ3v) is 4.70. The maximum absolute atomic E-state index is 9.58. The van der Waals surface area contributed by atoms with Gasteiger partial charge in [0.15, 0.2) is 5.96 Å². The summed E-state index contributed by atoms with van der Waals surface area (Å²) in [6, 6.07) is 8.96. The molecular formula is C17H28IN3OS. The van der Waals surface area contributed by atoms with E-state index in [9.17, 15) is 5.11 Å². The van der Waals surface area contributed by atoms with Gasteiger partial charge in [0, 0.05) is 17.5 Å². The van der Waals surface area contributed by atoms with Gasteiger partial charge < -0.3 is 15.7 Å². The molecular weight excluding hydrogens is 421 g/mol. The quantitative estimate of drug-likeness (QED) is 0.279. The Morgan fingerprint density at radius 3 is 2.43 bits per heavy atom. The van der Waals surface area contributed by atoms with Crippen molar-refractivity contribution in [3.63, 3.8) is 0 Å².